The predicted octanol–water partition coefficient (Wildman–Crippen LogP) is 2.47. The Bertz CT molecular complexity index is 1210. The highest BCUT2D eigenvalue weighted by Gasteiger charge is 2.33. The van der Waals surface area contributed by atoms with Crippen LogP contribution >= 0.6 is 0 Å². The first kappa shape index (κ1) is 41.6. The fourth-order valence-electron chi connectivity index (χ4n) is 3.70. The lowest BCUT2D eigenvalue weighted by Gasteiger charge is -2.13. The lowest BCUT2D eigenvalue weighted by Crippen LogP contribution is -2.27. The van der Waals surface area contributed by atoms with Crippen molar-refractivity contribution >= 4 is 12.0 Å². The number of rotatable bonds is 28. The minimum Gasteiger partial charge on any atom is -0.465 e. The van der Waals surface area contributed by atoms with E-state index in [1.54, 1.807) is 0 Å². The second kappa shape index (κ2) is 25.4. The molecule has 0 unspecified atom stereocenters. The van der Waals surface area contributed by atoms with Gasteiger partial charge in [-0.15, -0.1) is 0 Å². The Hall–Kier alpha value is -3.62. The summed E-state index contributed by atoms with van der Waals surface area (Å²) in [5, 5.41) is 13.4. The normalized spacial score (nSPS) is 11.4. The first-order chi connectivity index (χ1) is 23.7. The Morgan fingerprint density at radius 3 is 1.71 bits per heavy atom. The van der Waals surface area contributed by atoms with Crippen LogP contribution in [0.25, 0.3) is 0 Å². The van der Waals surface area contributed by atoms with E-state index in [9.17, 15) is 22.8 Å². The van der Waals surface area contributed by atoms with Gasteiger partial charge in [0.25, 0.3) is 5.91 Å². The molecule has 2 rings (SSSR count). The third kappa shape index (κ3) is 20.5. The van der Waals surface area contributed by atoms with E-state index in [1.165, 1.54) is 30.3 Å². The lowest BCUT2D eigenvalue weighted by atomic mass is 10.2. The minimum absolute atomic E-state index is 0.00780. The van der Waals surface area contributed by atoms with Gasteiger partial charge in [-0.3, -0.25) is 4.79 Å². The number of hydrogen-bond donors (Lipinski definition) is 4. The van der Waals surface area contributed by atoms with E-state index in [-0.39, 0.29) is 36.6 Å². The molecule has 18 heteroatoms. The van der Waals surface area contributed by atoms with Gasteiger partial charge in [-0.1, -0.05) is 6.07 Å². The van der Waals surface area contributed by atoms with E-state index >= 15 is 0 Å². The summed E-state index contributed by atoms with van der Waals surface area (Å²) in [5.74, 6) is -0.804. The fourth-order valence-corrected chi connectivity index (χ4v) is 3.70. The van der Waals surface area contributed by atoms with Crippen molar-refractivity contribution in [2.75, 3.05) is 106 Å². The highest BCUT2D eigenvalue weighted by molar-refractivity contribution is 5.94. The van der Waals surface area contributed by atoms with Gasteiger partial charge in [0.15, 0.2) is 0 Å². The molecular weight excluding hydrogens is 661 g/mol. The van der Waals surface area contributed by atoms with Crippen LogP contribution in [0.1, 0.15) is 21.6 Å². The van der Waals surface area contributed by atoms with E-state index in [0.717, 1.165) is 6.07 Å². The molecule has 0 aliphatic rings. The molecule has 49 heavy (non-hydrogen) atoms. The monoisotopic (exact) mass is 706 g/mol. The van der Waals surface area contributed by atoms with Gasteiger partial charge in [-0.05, 0) is 29.8 Å². The van der Waals surface area contributed by atoms with E-state index in [1.807, 2.05) is 5.32 Å². The van der Waals surface area contributed by atoms with E-state index in [4.69, 9.17) is 48.7 Å². The third-order valence-corrected chi connectivity index (χ3v) is 5.94. The molecule has 0 fully saturated rings. The van der Waals surface area contributed by atoms with Crippen molar-refractivity contribution in [3.63, 3.8) is 0 Å². The molecule has 2 amide bonds. The van der Waals surface area contributed by atoms with Crippen LogP contribution in [0.5, 0.6) is 11.6 Å². The summed E-state index contributed by atoms with van der Waals surface area (Å²) in [6.07, 6.45) is -6.18. The fraction of sp³-hybridized carbons (Fsp3) is 0.581. The number of ether oxygens (including phenoxy) is 8. The van der Waals surface area contributed by atoms with Crippen LogP contribution in [0.3, 0.4) is 0 Å². The SMILES string of the molecule is NCCOCCOCCOCCOCCOCCOCCOCCNC(=O)c1cccc(Oc2cc(CNC(=O)O)cc(C(F)(F)F)n2)c1. The number of halogens is 3. The van der Waals surface area contributed by atoms with Crippen LogP contribution < -0.4 is 21.1 Å². The first-order valence-electron chi connectivity index (χ1n) is 15.5. The Balaban J connectivity index is 1.50. The number of amides is 2. The maximum absolute atomic E-state index is 13.3. The highest BCUT2D eigenvalue weighted by atomic mass is 19.4. The molecule has 2 aromatic rings. The zero-order chi connectivity index (χ0) is 35.6. The smallest absolute Gasteiger partial charge is 0.433 e. The second-order valence-corrected chi connectivity index (χ2v) is 9.82. The number of alkyl halides is 3. The first-order valence-corrected chi connectivity index (χ1v) is 15.5. The van der Waals surface area contributed by atoms with Crippen LogP contribution in [0, 0.1) is 0 Å². The number of nitrogens with one attached hydrogen (secondary N) is 2. The van der Waals surface area contributed by atoms with E-state index in [0.29, 0.717) is 92.4 Å². The summed E-state index contributed by atoms with van der Waals surface area (Å²) in [5.41, 5.74) is 4.26. The molecule has 0 radical (unpaired) electrons. The van der Waals surface area contributed by atoms with Gasteiger partial charge < -0.3 is 59.4 Å². The van der Waals surface area contributed by atoms with Crippen molar-refractivity contribution in [1.29, 1.82) is 0 Å². The Morgan fingerprint density at radius 2 is 1.22 bits per heavy atom. The van der Waals surface area contributed by atoms with Gasteiger partial charge in [0.1, 0.15) is 11.4 Å². The zero-order valence-electron chi connectivity index (χ0n) is 27.2. The number of carboxylic acid groups (broad SMARTS) is 1. The Labute approximate surface area is 282 Å². The molecule has 0 aliphatic carbocycles. The Kier molecular flexibility index (Phi) is 21.5. The maximum Gasteiger partial charge on any atom is 0.433 e. The topological polar surface area (TPSA) is 191 Å². The number of aromatic nitrogens is 1. The molecule has 15 nitrogen and oxygen atoms in total. The van der Waals surface area contributed by atoms with Gasteiger partial charge in [-0.25, -0.2) is 9.78 Å². The molecule has 0 bridgehead atoms. The summed E-state index contributed by atoms with van der Waals surface area (Å²) < 4.78 is 83.0. The average Bonchev–Trinajstić information content (AvgIpc) is 3.07. The maximum atomic E-state index is 13.3. The standard InChI is InChI=1S/C31H45F3N4O11/c32-31(33,34)27-20-24(23-37-30(40)41)21-28(38-27)49-26-3-1-2-25(22-26)29(39)36-5-7-43-9-11-45-13-15-47-17-19-48-18-16-46-14-12-44-10-8-42-6-4-35/h1-3,20-22,37H,4-19,23,35H2,(H,36,39)(H,40,41). The molecule has 0 aliphatic heterocycles. The van der Waals surface area contributed by atoms with Gasteiger partial charge in [0, 0.05) is 31.3 Å². The summed E-state index contributed by atoms with van der Waals surface area (Å²) in [4.78, 5) is 26.8. The number of carbonyl (C=O) groups excluding carboxylic acids is 1. The van der Waals surface area contributed by atoms with Crippen molar-refractivity contribution < 1.29 is 65.8 Å². The van der Waals surface area contributed by atoms with Gasteiger partial charge in [-0.2, -0.15) is 13.2 Å². The number of hydrogen-bond acceptors (Lipinski definition) is 12. The molecule has 5 N–H and O–H groups in total. The molecule has 0 spiro atoms. The van der Waals surface area contributed by atoms with E-state index in [2.05, 4.69) is 10.3 Å². The quantitative estimate of drug-likeness (QED) is 0.0945. The zero-order valence-corrected chi connectivity index (χ0v) is 27.2. The number of nitrogens with two attached hydrogens (primary N) is 1. The summed E-state index contributed by atoms with van der Waals surface area (Å²) in [6.45, 7) is 6.26. The lowest BCUT2D eigenvalue weighted by molar-refractivity contribution is -0.141. The number of carbonyl (C=O) groups is 2. The van der Waals surface area contributed by atoms with Crippen LogP contribution in [-0.2, 0) is 45.9 Å². The van der Waals surface area contributed by atoms with Gasteiger partial charge in [0.2, 0.25) is 5.88 Å². The Morgan fingerprint density at radius 1 is 0.714 bits per heavy atom. The molecular formula is C31H45F3N4O11. The molecule has 0 atom stereocenters. The summed E-state index contributed by atoms with van der Waals surface area (Å²) >= 11 is 0. The van der Waals surface area contributed by atoms with E-state index < -0.39 is 29.8 Å². The minimum atomic E-state index is -4.78. The van der Waals surface area contributed by atoms with Crippen molar-refractivity contribution in [3.05, 3.63) is 53.2 Å². The molecule has 1 aromatic heterocycles. The molecule has 1 aromatic carbocycles. The molecule has 0 saturated carbocycles. The molecule has 0 saturated heterocycles. The van der Waals surface area contributed by atoms with Gasteiger partial charge in [0.05, 0.1) is 92.5 Å². The van der Waals surface area contributed by atoms with Gasteiger partial charge >= 0.3 is 12.3 Å². The van der Waals surface area contributed by atoms with Crippen LogP contribution in [0.15, 0.2) is 36.4 Å². The third-order valence-electron chi connectivity index (χ3n) is 5.94. The van der Waals surface area contributed by atoms with Crippen LogP contribution in [-0.4, -0.2) is 128 Å². The molecule has 1 heterocycles. The van der Waals surface area contributed by atoms with Crippen molar-refractivity contribution in [2.45, 2.75) is 12.7 Å². The predicted molar refractivity (Wildman–Crippen MR) is 168 cm³/mol. The number of pyridine rings is 1. The van der Waals surface area contributed by atoms with Crippen LogP contribution in [0.4, 0.5) is 18.0 Å². The summed E-state index contributed by atoms with van der Waals surface area (Å²) in [7, 11) is 0. The second-order valence-electron chi connectivity index (χ2n) is 9.82. The number of benzene rings is 1. The summed E-state index contributed by atoms with van der Waals surface area (Å²) in [6, 6.07) is 7.67. The largest absolute Gasteiger partial charge is 0.465 e. The average molecular weight is 707 g/mol. The van der Waals surface area contributed by atoms with Crippen LogP contribution in [0.2, 0.25) is 0 Å². The van der Waals surface area contributed by atoms with Crippen molar-refractivity contribution in [3.8, 4) is 11.6 Å². The highest BCUT2D eigenvalue weighted by Crippen LogP contribution is 2.31. The molecule has 276 valence electrons. The van der Waals surface area contributed by atoms with Crippen molar-refractivity contribution in [2.24, 2.45) is 5.73 Å². The number of nitrogens with zero attached hydrogens (tertiary/aromatic N) is 1. The van der Waals surface area contributed by atoms with Crippen molar-refractivity contribution in [1.82, 2.24) is 15.6 Å².